The van der Waals surface area contributed by atoms with Crippen molar-refractivity contribution in [2.75, 3.05) is 0 Å². The van der Waals surface area contributed by atoms with Crippen LogP contribution in [0.2, 0.25) is 0 Å². The van der Waals surface area contributed by atoms with Gasteiger partial charge >= 0.3 is 0 Å². The highest BCUT2D eigenvalue weighted by molar-refractivity contribution is 6.29. The molecule has 0 radical (unpaired) electrons. The van der Waals surface area contributed by atoms with Gasteiger partial charge in [-0.1, -0.05) is 48.0 Å². The predicted octanol–water partition coefficient (Wildman–Crippen LogP) is 2.84. The summed E-state index contributed by atoms with van der Waals surface area (Å²) in [6.07, 6.45) is 3.50. The van der Waals surface area contributed by atoms with Crippen LogP contribution in [0.4, 0.5) is 0 Å². The summed E-state index contributed by atoms with van der Waals surface area (Å²) >= 11 is 5.95. The summed E-state index contributed by atoms with van der Waals surface area (Å²) in [4.78, 5) is 0. The molecule has 78 valence electrons. The Kier molecular flexibility index (Phi) is 2.55. The van der Waals surface area contributed by atoms with E-state index in [0.717, 1.165) is 5.56 Å². The maximum Gasteiger partial charge on any atom is 0.171 e. The molecule has 0 fully saturated rings. The van der Waals surface area contributed by atoms with Crippen LogP contribution in [0.15, 0.2) is 48.2 Å². The monoisotopic (exact) mass is 222 g/mol. The van der Waals surface area contributed by atoms with Crippen molar-refractivity contribution in [1.82, 2.24) is 0 Å². The largest absolute Gasteiger partial charge is 0.508 e. The molecule has 0 spiro atoms. The zero-order chi connectivity index (χ0) is 10.9. The topological polar surface area (TPSA) is 40.5 Å². The van der Waals surface area contributed by atoms with Crippen molar-refractivity contribution in [1.29, 1.82) is 0 Å². The van der Waals surface area contributed by atoms with Crippen LogP contribution in [0.3, 0.4) is 0 Å². The van der Waals surface area contributed by atoms with Gasteiger partial charge in [0.15, 0.2) is 5.06 Å². The van der Waals surface area contributed by atoms with E-state index >= 15 is 0 Å². The van der Waals surface area contributed by atoms with E-state index in [-0.39, 0.29) is 5.76 Å². The van der Waals surface area contributed by atoms with Gasteiger partial charge in [0.05, 0.1) is 0 Å². The molecule has 1 aliphatic rings. The molecule has 2 rings (SSSR count). The lowest BCUT2D eigenvalue weighted by Crippen LogP contribution is -2.25. The second-order valence-corrected chi connectivity index (χ2v) is 4.12. The number of hydrogen-bond donors (Lipinski definition) is 2. The molecule has 1 aromatic carbocycles. The molecule has 2 nitrogen and oxygen atoms in total. The summed E-state index contributed by atoms with van der Waals surface area (Å²) in [6, 6.07) is 9.14. The second kappa shape index (κ2) is 3.72. The molecule has 15 heavy (non-hydrogen) atoms. The molecule has 1 unspecified atom stereocenters. The molecule has 1 aliphatic carbocycles. The maximum absolute atomic E-state index is 9.95. The van der Waals surface area contributed by atoms with Gasteiger partial charge in [0.1, 0.15) is 5.76 Å². The fraction of sp³-hybridized carbons (Fsp3) is 0.167. The number of aliphatic hydroxyl groups excluding tert-OH is 1. The summed E-state index contributed by atoms with van der Waals surface area (Å²) < 4.78 is 0. The van der Waals surface area contributed by atoms with E-state index in [1.165, 1.54) is 0 Å². The fourth-order valence-electron chi connectivity index (χ4n) is 1.68. The van der Waals surface area contributed by atoms with Crippen LogP contribution in [0, 0.1) is 0 Å². The molecular formula is C12H11ClO2. The minimum absolute atomic E-state index is 0.0185. The average Bonchev–Trinajstić information content (AvgIpc) is 2.17. The van der Waals surface area contributed by atoms with E-state index < -0.39 is 5.06 Å². The van der Waals surface area contributed by atoms with Gasteiger partial charge in [-0.15, -0.1) is 0 Å². The van der Waals surface area contributed by atoms with Gasteiger partial charge in [0, 0.05) is 12.0 Å². The van der Waals surface area contributed by atoms with E-state index in [0.29, 0.717) is 12.0 Å². The van der Waals surface area contributed by atoms with Crippen LogP contribution in [0.25, 0.3) is 5.57 Å². The number of halogens is 1. The highest BCUT2D eigenvalue weighted by Crippen LogP contribution is 2.38. The van der Waals surface area contributed by atoms with Crippen molar-refractivity contribution in [2.24, 2.45) is 0 Å². The van der Waals surface area contributed by atoms with Gasteiger partial charge in [-0.25, -0.2) is 0 Å². The van der Waals surface area contributed by atoms with E-state index in [2.05, 4.69) is 0 Å². The summed E-state index contributed by atoms with van der Waals surface area (Å²) in [5.41, 5.74) is 1.10. The normalized spacial score (nSPS) is 25.7. The molecule has 0 saturated carbocycles. The number of rotatable bonds is 1. The lowest BCUT2D eigenvalue weighted by Gasteiger charge is -2.26. The van der Waals surface area contributed by atoms with E-state index in [9.17, 15) is 10.2 Å². The van der Waals surface area contributed by atoms with Gasteiger partial charge < -0.3 is 10.2 Å². The fourth-order valence-corrected chi connectivity index (χ4v) is 1.98. The Morgan fingerprint density at radius 2 is 1.87 bits per heavy atom. The van der Waals surface area contributed by atoms with Crippen LogP contribution >= 0.6 is 11.6 Å². The molecule has 0 bridgehead atoms. The first-order valence-corrected chi connectivity index (χ1v) is 5.06. The summed E-state index contributed by atoms with van der Waals surface area (Å²) in [5.74, 6) is 0.0185. The minimum Gasteiger partial charge on any atom is -0.508 e. The van der Waals surface area contributed by atoms with Crippen molar-refractivity contribution in [3.63, 3.8) is 0 Å². The van der Waals surface area contributed by atoms with Crippen LogP contribution in [-0.4, -0.2) is 15.3 Å². The van der Waals surface area contributed by atoms with Crippen LogP contribution in [-0.2, 0) is 0 Å². The zero-order valence-corrected chi connectivity index (χ0v) is 8.78. The Bertz CT molecular complexity index is 419. The maximum atomic E-state index is 9.95. The predicted molar refractivity (Wildman–Crippen MR) is 60.6 cm³/mol. The Labute approximate surface area is 93.1 Å². The second-order valence-electron chi connectivity index (χ2n) is 3.49. The molecular weight excluding hydrogens is 212 g/mol. The smallest absolute Gasteiger partial charge is 0.171 e. The third-order valence-electron chi connectivity index (χ3n) is 2.37. The van der Waals surface area contributed by atoms with Crippen molar-refractivity contribution in [2.45, 2.75) is 11.5 Å². The number of benzene rings is 1. The van der Waals surface area contributed by atoms with Crippen molar-refractivity contribution >= 4 is 17.2 Å². The molecule has 1 aromatic rings. The molecule has 0 aliphatic heterocycles. The quantitative estimate of drug-likeness (QED) is 0.718. The summed E-state index contributed by atoms with van der Waals surface area (Å²) in [6.45, 7) is 0. The van der Waals surface area contributed by atoms with Gasteiger partial charge in [-0.05, 0) is 11.6 Å². The van der Waals surface area contributed by atoms with Crippen molar-refractivity contribution < 1.29 is 10.2 Å². The van der Waals surface area contributed by atoms with Gasteiger partial charge in [0.25, 0.3) is 0 Å². The number of hydrogen-bond acceptors (Lipinski definition) is 2. The average molecular weight is 223 g/mol. The number of allylic oxidation sites excluding steroid dienone is 1. The first kappa shape index (κ1) is 10.3. The lowest BCUT2D eigenvalue weighted by molar-refractivity contribution is 0.187. The van der Waals surface area contributed by atoms with E-state index in [1.807, 2.05) is 18.2 Å². The minimum atomic E-state index is -1.51. The first-order chi connectivity index (χ1) is 7.11. The molecule has 2 N–H and O–H groups in total. The Morgan fingerprint density at radius 3 is 2.47 bits per heavy atom. The molecule has 0 aromatic heterocycles. The Hall–Kier alpha value is -1.25. The molecule has 0 saturated heterocycles. The van der Waals surface area contributed by atoms with Crippen LogP contribution in [0.5, 0.6) is 0 Å². The van der Waals surface area contributed by atoms with E-state index in [4.69, 9.17) is 11.6 Å². The van der Waals surface area contributed by atoms with Crippen molar-refractivity contribution in [3.05, 3.63) is 53.8 Å². The lowest BCUT2D eigenvalue weighted by atomic mass is 9.93. The van der Waals surface area contributed by atoms with Crippen LogP contribution in [0.1, 0.15) is 12.0 Å². The van der Waals surface area contributed by atoms with Gasteiger partial charge in [0.2, 0.25) is 0 Å². The molecule has 0 heterocycles. The Morgan fingerprint density at radius 1 is 1.20 bits per heavy atom. The van der Waals surface area contributed by atoms with Crippen molar-refractivity contribution in [3.8, 4) is 0 Å². The molecule has 1 atom stereocenters. The van der Waals surface area contributed by atoms with Gasteiger partial charge in [-0.3, -0.25) is 0 Å². The number of aliphatic hydroxyl groups is 2. The molecule has 0 amide bonds. The Balaban J connectivity index is 2.54. The highest BCUT2D eigenvalue weighted by Gasteiger charge is 2.33. The summed E-state index contributed by atoms with van der Waals surface area (Å²) in [7, 11) is 0. The zero-order valence-electron chi connectivity index (χ0n) is 8.02. The third-order valence-corrected chi connectivity index (χ3v) is 2.71. The SMILES string of the molecule is OC1=C(c2ccccc2)C(O)(Cl)CC=C1. The van der Waals surface area contributed by atoms with Gasteiger partial charge in [-0.2, -0.15) is 0 Å². The van der Waals surface area contributed by atoms with E-state index in [1.54, 1.807) is 24.3 Å². The molecule has 3 heteroatoms. The van der Waals surface area contributed by atoms with Crippen LogP contribution < -0.4 is 0 Å². The summed E-state index contributed by atoms with van der Waals surface area (Å²) in [5, 5.41) is 18.1. The standard InChI is InChI=1S/C12H11ClO2/c13-12(15)8-4-7-10(14)11(12)9-5-2-1-3-6-9/h1-7,14-15H,8H2. The third kappa shape index (κ3) is 1.91. The first-order valence-electron chi connectivity index (χ1n) is 4.68. The highest BCUT2D eigenvalue weighted by atomic mass is 35.5. The number of alkyl halides is 1.